The molecule has 6 rings (SSSR count). The molecule has 2 aliphatic heterocycles. The van der Waals surface area contributed by atoms with E-state index < -0.39 is 5.25 Å². The van der Waals surface area contributed by atoms with Crippen molar-refractivity contribution in [3.8, 4) is 11.3 Å². The molecule has 224 valence electrons. The maximum atomic E-state index is 13.7. The van der Waals surface area contributed by atoms with Crippen LogP contribution in [0, 0.1) is 12.8 Å². The van der Waals surface area contributed by atoms with E-state index in [9.17, 15) is 14.4 Å². The van der Waals surface area contributed by atoms with Crippen molar-refractivity contribution in [2.75, 3.05) is 19.6 Å². The lowest BCUT2D eigenvalue weighted by Crippen LogP contribution is -2.42. The SMILES string of the molecule is Cc1cc(C2SC(CC(=O)N3CCC(n4cc(-c5ccccc5)[nH]c4=O)CC3)C(=O)N2CCC(C)C)cc2cn[nH]c12.[HH].[HH]. The molecule has 9 nitrogen and oxygen atoms in total. The number of likely N-dealkylation sites (tertiary alicyclic amines) is 1. The fourth-order valence-corrected chi connectivity index (χ4v) is 7.59. The molecule has 42 heavy (non-hydrogen) atoms. The summed E-state index contributed by atoms with van der Waals surface area (Å²) in [5.41, 5.74) is 4.83. The van der Waals surface area contributed by atoms with Gasteiger partial charge >= 0.3 is 5.69 Å². The van der Waals surface area contributed by atoms with Crippen LogP contribution in [0.25, 0.3) is 22.2 Å². The summed E-state index contributed by atoms with van der Waals surface area (Å²) in [7, 11) is 0. The predicted molar refractivity (Wildman–Crippen MR) is 170 cm³/mol. The molecule has 2 saturated heterocycles. The highest BCUT2D eigenvalue weighted by Gasteiger charge is 2.42. The van der Waals surface area contributed by atoms with Gasteiger partial charge in [-0.25, -0.2) is 4.79 Å². The van der Waals surface area contributed by atoms with E-state index in [1.165, 1.54) is 0 Å². The molecule has 0 bridgehead atoms. The number of piperidine rings is 1. The number of carbonyl (C=O) groups is 2. The third kappa shape index (κ3) is 5.64. The van der Waals surface area contributed by atoms with Crippen LogP contribution in [-0.4, -0.2) is 66.2 Å². The van der Waals surface area contributed by atoms with E-state index in [4.69, 9.17) is 0 Å². The number of H-pyrrole nitrogens is 2. The van der Waals surface area contributed by atoms with E-state index >= 15 is 0 Å². The summed E-state index contributed by atoms with van der Waals surface area (Å²) in [5, 5.41) is 7.74. The summed E-state index contributed by atoms with van der Waals surface area (Å²) in [5.74, 6) is 0.530. The average molecular weight is 591 g/mol. The second kappa shape index (κ2) is 11.8. The minimum atomic E-state index is -0.409. The zero-order valence-corrected chi connectivity index (χ0v) is 25.2. The van der Waals surface area contributed by atoms with Gasteiger partial charge in [0.2, 0.25) is 11.8 Å². The van der Waals surface area contributed by atoms with Crippen LogP contribution >= 0.6 is 11.8 Å². The quantitative estimate of drug-likeness (QED) is 0.271. The van der Waals surface area contributed by atoms with Crippen molar-refractivity contribution >= 4 is 34.5 Å². The zero-order chi connectivity index (χ0) is 29.4. The molecule has 2 fully saturated rings. The summed E-state index contributed by atoms with van der Waals surface area (Å²) in [6.07, 6.45) is 6.22. The lowest BCUT2D eigenvalue weighted by Gasteiger charge is -2.32. The molecule has 2 aromatic heterocycles. The van der Waals surface area contributed by atoms with Crippen molar-refractivity contribution in [1.29, 1.82) is 0 Å². The molecule has 0 radical (unpaired) electrons. The van der Waals surface area contributed by atoms with E-state index in [-0.39, 0.29) is 38.2 Å². The molecule has 4 aromatic rings. The van der Waals surface area contributed by atoms with Gasteiger partial charge in [0.1, 0.15) is 5.37 Å². The van der Waals surface area contributed by atoms with Crippen LogP contribution in [0.2, 0.25) is 0 Å². The molecule has 0 spiro atoms. The number of aromatic amines is 2. The van der Waals surface area contributed by atoms with Gasteiger partial charge in [0.05, 0.1) is 22.7 Å². The standard InChI is InChI=1S/C32H38N6O3S.2H2/c1-20(2)9-14-37-30(40)27(42-31(37)23-15-21(3)29-24(16-23)18-33-35-29)17-28(39)36-12-10-25(11-13-36)38-19-26(34-32(38)41)22-7-5-4-6-8-22;;/h4-8,15-16,18-20,25,27,31H,9-14,17H2,1-3H3,(H,33,35)(H,34,41);2*1H. The molecular weight excluding hydrogens is 548 g/mol. The Balaban J connectivity index is 0.00000221. The second-order valence-electron chi connectivity index (χ2n) is 11.9. The van der Waals surface area contributed by atoms with Gasteiger partial charge < -0.3 is 14.8 Å². The fraction of sp³-hybridized carbons (Fsp3) is 0.438. The number of nitrogens with one attached hydrogen (secondary N) is 2. The van der Waals surface area contributed by atoms with E-state index in [1.807, 2.05) is 52.5 Å². The number of imidazole rings is 1. The van der Waals surface area contributed by atoms with Crippen LogP contribution in [0.15, 0.2) is 59.7 Å². The Kier molecular flexibility index (Phi) is 7.98. The Hall–Kier alpha value is -3.79. The first-order valence-electron chi connectivity index (χ1n) is 14.8. The number of aromatic nitrogens is 4. The van der Waals surface area contributed by atoms with E-state index in [0.29, 0.717) is 38.4 Å². The number of nitrogens with zero attached hydrogens (tertiary/aromatic N) is 4. The Morgan fingerprint density at radius 1 is 1.14 bits per heavy atom. The summed E-state index contributed by atoms with van der Waals surface area (Å²) in [6.45, 7) is 8.20. The summed E-state index contributed by atoms with van der Waals surface area (Å²) >= 11 is 1.59. The normalized spacial score (nSPS) is 19.9. The topological polar surface area (TPSA) is 107 Å². The molecule has 2 amide bonds. The number of amides is 2. The number of hydrogen-bond donors (Lipinski definition) is 2. The Morgan fingerprint density at radius 2 is 1.90 bits per heavy atom. The molecule has 2 N–H and O–H groups in total. The zero-order valence-electron chi connectivity index (χ0n) is 24.4. The summed E-state index contributed by atoms with van der Waals surface area (Å²) < 4.78 is 1.77. The molecule has 0 saturated carbocycles. The number of thioether (sulfide) groups is 1. The number of rotatable bonds is 8. The summed E-state index contributed by atoms with van der Waals surface area (Å²) in [4.78, 5) is 46.7. The predicted octanol–water partition coefficient (Wildman–Crippen LogP) is 5.76. The van der Waals surface area contributed by atoms with Crippen molar-refractivity contribution in [1.82, 2.24) is 29.5 Å². The van der Waals surface area contributed by atoms with Crippen molar-refractivity contribution in [3.63, 3.8) is 0 Å². The number of hydrogen-bond acceptors (Lipinski definition) is 5. The van der Waals surface area contributed by atoms with Crippen molar-refractivity contribution in [2.24, 2.45) is 5.92 Å². The monoisotopic (exact) mass is 590 g/mol. The molecule has 2 atom stereocenters. The second-order valence-corrected chi connectivity index (χ2v) is 13.2. The van der Waals surface area contributed by atoms with Crippen molar-refractivity contribution < 1.29 is 12.4 Å². The number of fused-ring (bicyclic) bond motifs is 1. The molecule has 2 unspecified atom stereocenters. The first-order chi connectivity index (χ1) is 20.3. The first-order valence-corrected chi connectivity index (χ1v) is 15.8. The Bertz CT molecular complexity index is 1640. The van der Waals surface area contributed by atoms with Crippen LogP contribution in [0.5, 0.6) is 0 Å². The third-order valence-corrected chi connectivity index (χ3v) is 10.0. The highest BCUT2D eigenvalue weighted by Crippen LogP contribution is 2.45. The van der Waals surface area contributed by atoms with Crippen molar-refractivity contribution in [2.45, 2.75) is 63.1 Å². The van der Waals surface area contributed by atoms with Gasteiger partial charge in [-0.2, -0.15) is 5.10 Å². The minimum absolute atomic E-state index is 0. The highest BCUT2D eigenvalue weighted by molar-refractivity contribution is 8.01. The number of carbonyl (C=O) groups excluding carboxylic acids is 2. The molecular formula is C32H42N6O3S. The average Bonchev–Trinajstić information content (AvgIpc) is 3.70. The summed E-state index contributed by atoms with van der Waals surface area (Å²) in [6, 6.07) is 14.1. The Labute approximate surface area is 252 Å². The maximum Gasteiger partial charge on any atom is 0.326 e. The Morgan fingerprint density at radius 3 is 2.64 bits per heavy atom. The van der Waals surface area contributed by atoms with E-state index in [0.717, 1.165) is 39.7 Å². The van der Waals surface area contributed by atoms with Crippen LogP contribution in [-0.2, 0) is 9.59 Å². The van der Waals surface area contributed by atoms with Gasteiger partial charge in [-0.15, -0.1) is 11.8 Å². The van der Waals surface area contributed by atoms with Gasteiger partial charge in [-0.3, -0.25) is 19.3 Å². The molecule has 2 aromatic carbocycles. The van der Waals surface area contributed by atoms with Gasteiger partial charge in [0, 0.05) is 46.5 Å². The largest absolute Gasteiger partial charge is 0.342 e. The maximum absolute atomic E-state index is 13.7. The van der Waals surface area contributed by atoms with Gasteiger partial charge in [0.15, 0.2) is 0 Å². The molecule has 0 aliphatic carbocycles. The smallest absolute Gasteiger partial charge is 0.326 e. The van der Waals surface area contributed by atoms with Crippen LogP contribution in [0.4, 0.5) is 0 Å². The van der Waals surface area contributed by atoms with E-state index in [2.05, 4.69) is 48.1 Å². The van der Waals surface area contributed by atoms with E-state index in [1.54, 1.807) is 16.3 Å². The minimum Gasteiger partial charge on any atom is -0.342 e. The lowest BCUT2D eigenvalue weighted by molar-refractivity contribution is -0.136. The van der Waals surface area contributed by atoms with Gasteiger partial charge in [-0.05, 0) is 54.9 Å². The number of benzene rings is 2. The third-order valence-electron chi connectivity index (χ3n) is 8.54. The highest BCUT2D eigenvalue weighted by atomic mass is 32.2. The van der Waals surface area contributed by atoms with Crippen LogP contribution in [0.3, 0.4) is 0 Å². The van der Waals surface area contributed by atoms with Gasteiger partial charge in [0.25, 0.3) is 0 Å². The van der Waals surface area contributed by atoms with Gasteiger partial charge in [-0.1, -0.05) is 50.2 Å². The number of aryl methyl sites for hydroxylation is 1. The fourth-order valence-electron chi connectivity index (χ4n) is 6.14. The van der Waals surface area contributed by atoms with Crippen LogP contribution in [0.1, 0.15) is 64.9 Å². The lowest BCUT2D eigenvalue weighted by atomic mass is 10.0. The first kappa shape index (κ1) is 28.3. The van der Waals surface area contributed by atoms with Crippen molar-refractivity contribution in [3.05, 3.63) is 76.5 Å². The molecule has 4 heterocycles. The van der Waals surface area contributed by atoms with Crippen LogP contribution < -0.4 is 5.69 Å². The molecule has 10 heteroatoms. The molecule has 2 aliphatic rings.